The van der Waals surface area contributed by atoms with Crippen LogP contribution in [-0.2, 0) is 0 Å². The molecule has 0 saturated carbocycles. The molecule has 0 nitrogen and oxygen atoms in total. The Hall–Kier alpha value is 1.08. The Balaban J connectivity index is 3.05. The summed E-state index contributed by atoms with van der Waals surface area (Å²) in [6.07, 6.45) is 0. The van der Waals surface area contributed by atoms with E-state index in [0.717, 1.165) is 0 Å². The van der Waals surface area contributed by atoms with Crippen molar-refractivity contribution >= 4 is 36.1 Å². The van der Waals surface area contributed by atoms with Crippen LogP contribution in [0, 0.1) is 0 Å². The molecule has 0 spiro atoms. The van der Waals surface area contributed by atoms with Crippen LogP contribution in [0.4, 0.5) is 0 Å². The molecule has 13 heavy (non-hydrogen) atoms. The van der Waals surface area contributed by atoms with Crippen LogP contribution in [-0.4, -0.2) is 36.1 Å². The summed E-state index contributed by atoms with van der Waals surface area (Å²) in [6.45, 7) is 21.9. The highest BCUT2D eigenvalue weighted by atomic mass is 30.3. The zero-order valence-electron chi connectivity index (χ0n) is 10.5. The average Bonchev–Trinajstić information content (AvgIpc) is 2.29. The first-order valence-electron chi connectivity index (χ1n) is 5.25. The van der Waals surface area contributed by atoms with E-state index in [1.165, 1.54) is 0 Å². The van der Waals surface area contributed by atoms with Crippen molar-refractivity contribution in [2.24, 2.45) is 0 Å². The highest BCUT2D eigenvalue weighted by Gasteiger charge is 2.56. The van der Waals surface area contributed by atoms with Gasteiger partial charge >= 0.3 is 0 Å². The van der Waals surface area contributed by atoms with E-state index in [0.29, 0.717) is 0 Å². The van der Waals surface area contributed by atoms with Crippen molar-refractivity contribution in [3.8, 4) is 0 Å². The van der Waals surface area contributed by atoms with Gasteiger partial charge in [-0.15, -0.1) is 0 Å². The number of rotatable bonds is 2. The molecular formula is C8H24Si5. The predicted molar refractivity (Wildman–Crippen MR) is 75.7 cm³/mol. The average molecular weight is 261 g/mol. The SMILES string of the molecule is C[Si](C)(C)[Si]1=[Si]([Si](C)(C)C)[Si]1(C)C. The van der Waals surface area contributed by atoms with Gasteiger partial charge in [-0.2, -0.15) is 0 Å². The van der Waals surface area contributed by atoms with Gasteiger partial charge in [0.15, 0.2) is 0 Å². The van der Waals surface area contributed by atoms with Gasteiger partial charge in [-0.05, 0) is 13.9 Å². The smallest absolute Gasteiger partial charge is 0.0529 e. The molecule has 0 amide bonds. The van der Waals surface area contributed by atoms with Crippen LogP contribution in [0.1, 0.15) is 0 Å². The van der Waals surface area contributed by atoms with E-state index >= 15 is 0 Å². The Bertz CT molecular complexity index is 237. The van der Waals surface area contributed by atoms with Crippen LogP contribution in [0.15, 0.2) is 0 Å². The Morgan fingerprint density at radius 3 is 1.00 bits per heavy atom. The third kappa shape index (κ3) is 2.19. The Morgan fingerprint density at radius 1 is 0.692 bits per heavy atom. The van der Waals surface area contributed by atoms with Gasteiger partial charge in [0.1, 0.15) is 0 Å². The second-order valence-electron chi connectivity index (χ2n) is 6.88. The van der Waals surface area contributed by atoms with Crippen molar-refractivity contribution in [3.63, 3.8) is 0 Å². The number of hydrogen-bond donors (Lipinski definition) is 0. The lowest BCUT2D eigenvalue weighted by Crippen LogP contribution is -2.40. The van der Waals surface area contributed by atoms with Gasteiger partial charge in [-0.25, -0.2) is 0 Å². The van der Waals surface area contributed by atoms with Crippen LogP contribution >= 0.6 is 0 Å². The van der Waals surface area contributed by atoms with Crippen LogP contribution < -0.4 is 0 Å². The largest absolute Gasteiger partial charge is 0.0696 e. The van der Waals surface area contributed by atoms with Gasteiger partial charge in [0.05, 0.1) is 7.11 Å². The minimum Gasteiger partial charge on any atom is -0.0696 e. The molecule has 1 aliphatic heterocycles. The molecule has 0 unspecified atom stereocenters. The first-order valence-corrected chi connectivity index (χ1v) is 23.2. The minimum absolute atomic E-state index is 0.269. The van der Waals surface area contributed by atoms with Gasteiger partial charge in [0, 0.05) is 15.2 Å². The zero-order chi connectivity index (χ0) is 10.7. The van der Waals surface area contributed by atoms with Gasteiger partial charge in [0.25, 0.3) is 0 Å². The summed E-state index contributed by atoms with van der Waals surface area (Å²) in [4.78, 5) is 0. The summed E-state index contributed by atoms with van der Waals surface area (Å²) in [7, 11) is -1.94. The summed E-state index contributed by atoms with van der Waals surface area (Å²) in [5.41, 5.74) is 0. The molecule has 76 valence electrons. The van der Waals surface area contributed by atoms with Crippen molar-refractivity contribution in [2.45, 2.75) is 52.4 Å². The number of hydrogen-bond acceptors (Lipinski definition) is 0. The second-order valence-corrected chi connectivity index (χ2v) is 56.6. The molecule has 0 saturated heterocycles. The van der Waals surface area contributed by atoms with Crippen molar-refractivity contribution in [2.75, 3.05) is 0 Å². The van der Waals surface area contributed by atoms with Crippen molar-refractivity contribution < 1.29 is 0 Å². The van der Waals surface area contributed by atoms with Crippen LogP contribution in [0.2, 0.25) is 52.4 Å². The van der Waals surface area contributed by atoms with E-state index in [-0.39, 0.29) is 13.9 Å². The summed E-state index contributed by atoms with van der Waals surface area (Å²) in [5.74, 6) is 0. The standard InChI is InChI=1S/C8H24Si5/c1-11(2,3)9-10(12(4,5)6)13(9,7)8/h1-8H3. The molecule has 0 bridgehead atoms. The van der Waals surface area contributed by atoms with Gasteiger partial charge < -0.3 is 0 Å². The van der Waals surface area contributed by atoms with Gasteiger partial charge in [0.2, 0.25) is 0 Å². The highest BCUT2D eigenvalue weighted by Crippen LogP contribution is 2.31. The first-order chi connectivity index (χ1) is 5.49. The van der Waals surface area contributed by atoms with E-state index in [1.807, 2.05) is 0 Å². The van der Waals surface area contributed by atoms with Crippen LogP contribution in [0.5, 0.6) is 0 Å². The van der Waals surface area contributed by atoms with Crippen molar-refractivity contribution in [3.05, 3.63) is 0 Å². The maximum Gasteiger partial charge on any atom is 0.0529 e. The molecule has 0 aliphatic carbocycles. The Kier molecular flexibility index (Phi) is 2.84. The van der Waals surface area contributed by atoms with E-state index in [9.17, 15) is 0 Å². The lowest BCUT2D eigenvalue weighted by molar-refractivity contribution is 1.86. The molecule has 5 heteroatoms. The molecule has 0 fully saturated rings. The zero-order valence-corrected chi connectivity index (χ0v) is 15.5. The molecular weight excluding hydrogens is 237 g/mol. The fourth-order valence-electron chi connectivity index (χ4n) is 3.09. The van der Waals surface area contributed by atoms with E-state index < -0.39 is 22.3 Å². The molecule has 0 N–H and O–H groups in total. The van der Waals surface area contributed by atoms with Crippen molar-refractivity contribution in [1.82, 2.24) is 0 Å². The molecule has 0 aromatic heterocycles. The molecule has 0 aromatic carbocycles. The molecule has 1 aliphatic rings. The lowest BCUT2D eigenvalue weighted by atomic mass is 11.8. The first kappa shape index (κ1) is 12.2. The van der Waals surface area contributed by atoms with Crippen molar-refractivity contribution in [1.29, 1.82) is 0 Å². The van der Waals surface area contributed by atoms with E-state index in [2.05, 4.69) is 52.4 Å². The third-order valence-corrected chi connectivity index (χ3v) is 96.2. The second kappa shape index (κ2) is 3.04. The Morgan fingerprint density at radius 2 is 0.923 bits per heavy atom. The molecule has 0 aromatic rings. The quantitative estimate of drug-likeness (QED) is 0.670. The Labute approximate surface area is 88.5 Å². The molecule has 0 atom stereocenters. The lowest BCUT2D eigenvalue weighted by Gasteiger charge is -2.17. The van der Waals surface area contributed by atoms with Crippen LogP contribution in [0.25, 0.3) is 0 Å². The normalized spacial score (nSPS) is 22.2. The minimum atomic E-state index is -0.688. The van der Waals surface area contributed by atoms with E-state index in [4.69, 9.17) is 0 Å². The summed E-state index contributed by atoms with van der Waals surface area (Å²) in [6, 6.07) is 0. The molecule has 1 heterocycles. The van der Waals surface area contributed by atoms with Gasteiger partial charge in [-0.1, -0.05) is 52.4 Å². The maximum atomic E-state index is 2.73. The topological polar surface area (TPSA) is 0 Å². The molecule has 0 radical (unpaired) electrons. The predicted octanol–water partition coefficient (Wildman–Crippen LogP) is 2.77. The third-order valence-electron chi connectivity index (χ3n) is 2.94. The maximum absolute atomic E-state index is 2.73. The molecule has 1 rings (SSSR count). The fourth-order valence-corrected chi connectivity index (χ4v) is 185. The van der Waals surface area contributed by atoms with Gasteiger partial charge in [-0.3, -0.25) is 0 Å². The monoisotopic (exact) mass is 260 g/mol. The summed E-state index contributed by atoms with van der Waals surface area (Å²) in [5, 5.41) is 0. The highest BCUT2D eigenvalue weighted by molar-refractivity contribution is 8.07. The summed E-state index contributed by atoms with van der Waals surface area (Å²) < 4.78 is 0. The summed E-state index contributed by atoms with van der Waals surface area (Å²) >= 11 is 0. The van der Waals surface area contributed by atoms with E-state index in [1.54, 1.807) is 0 Å². The van der Waals surface area contributed by atoms with Crippen LogP contribution in [0.3, 0.4) is 0 Å². The fraction of sp³-hybridized carbons (Fsp3) is 1.00.